The Bertz CT molecular complexity index is 601. The highest BCUT2D eigenvalue weighted by Gasteiger charge is 2.16. The van der Waals surface area contributed by atoms with Gasteiger partial charge in [0.2, 0.25) is 5.88 Å². The fraction of sp³-hybridized carbons (Fsp3) is 0.533. The van der Waals surface area contributed by atoms with Crippen LogP contribution in [0.2, 0.25) is 0 Å². The van der Waals surface area contributed by atoms with E-state index in [-0.39, 0.29) is 0 Å². The van der Waals surface area contributed by atoms with E-state index < -0.39 is 0 Å². The Hall–Kier alpha value is -1.33. The van der Waals surface area contributed by atoms with Gasteiger partial charge in [0.05, 0.1) is 18.4 Å². The van der Waals surface area contributed by atoms with Crippen LogP contribution in [0, 0.1) is 20.8 Å². The zero-order chi connectivity index (χ0) is 14.9. The SMILES string of the molecule is COc1c(CNC(C)c2cc(C)sc2C)c(C)nn1C. The predicted octanol–water partition coefficient (Wildman–Crippen LogP) is 3.27. The minimum absolute atomic E-state index is 0.323. The smallest absolute Gasteiger partial charge is 0.216 e. The topological polar surface area (TPSA) is 39.1 Å². The monoisotopic (exact) mass is 293 g/mol. The number of nitrogens with zero attached hydrogens (tertiary/aromatic N) is 2. The summed E-state index contributed by atoms with van der Waals surface area (Å²) in [6.45, 7) is 9.32. The lowest BCUT2D eigenvalue weighted by Crippen LogP contribution is -2.19. The van der Waals surface area contributed by atoms with Gasteiger partial charge in [-0.25, -0.2) is 4.68 Å². The van der Waals surface area contributed by atoms with Crippen molar-refractivity contribution >= 4 is 11.3 Å². The van der Waals surface area contributed by atoms with Gasteiger partial charge in [-0.1, -0.05) is 0 Å². The molecule has 0 bridgehead atoms. The molecule has 2 heterocycles. The van der Waals surface area contributed by atoms with Gasteiger partial charge >= 0.3 is 0 Å². The van der Waals surface area contributed by atoms with Crippen molar-refractivity contribution in [3.05, 3.63) is 32.6 Å². The molecule has 2 aromatic rings. The highest BCUT2D eigenvalue weighted by molar-refractivity contribution is 7.12. The molecule has 1 unspecified atom stereocenters. The largest absolute Gasteiger partial charge is 0.481 e. The van der Waals surface area contributed by atoms with Gasteiger partial charge in [-0.3, -0.25) is 0 Å². The molecule has 110 valence electrons. The van der Waals surface area contributed by atoms with Crippen LogP contribution in [0.1, 0.15) is 39.5 Å². The number of hydrogen-bond acceptors (Lipinski definition) is 4. The van der Waals surface area contributed by atoms with Crippen LogP contribution in [0.15, 0.2) is 6.07 Å². The molecule has 1 atom stereocenters. The van der Waals surface area contributed by atoms with Crippen molar-refractivity contribution in [3.63, 3.8) is 0 Å². The molecular formula is C15H23N3OS. The maximum atomic E-state index is 5.43. The van der Waals surface area contributed by atoms with Crippen molar-refractivity contribution in [1.29, 1.82) is 0 Å². The van der Waals surface area contributed by atoms with E-state index in [4.69, 9.17) is 4.74 Å². The number of nitrogens with one attached hydrogen (secondary N) is 1. The minimum Gasteiger partial charge on any atom is -0.481 e. The molecule has 0 aliphatic heterocycles. The summed E-state index contributed by atoms with van der Waals surface area (Å²) in [5.74, 6) is 0.834. The first-order chi connectivity index (χ1) is 9.43. The molecule has 0 fully saturated rings. The predicted molar refractivity (Wildman–Crippen MR) is 83.5 cm³/mol. The van der Waals surface area contributed by atoms with Crippen molar-refractivity contribution in [2.24, 2.45) is 7.05 Å². The van der Waals surface area contributed by atoms with Crippen LogP contribution in [0.3, 0.4) is 0 Å². The molecule has 20 heavy (non-hydrogen) atoms. The summed E-state index contributed by atoms with van der Waals surface area (Å²) in [5.41, 5.74) is 3.53. The normalized spacial score (nSPS) is 12.7. The highest BCUT2D eigenvalue weighted by Crippen LogP contribution is 2.27. The zero-order valence-corrected chi connectivity index (χ0v) is 13.9. The molecule has 0 amide bonds. The van der Waals surface area contributed by atoms with Gasteiger partial charge in [-0.2, -0.15) is 5.10 Å². The Labute approximate surface area is 124 Å². The zero-order valence-electron chi connectivity index (χ0n) is 13.1. The number of aryl methyl sites for hydroxylation is 4. The van der Waals surface area contributed by atoms with Crippen LogP contribution in [0.25, 0.3) is 0 Å². The number of thiophene rings is 1. The van der Waals surface area contributed by atoms with Gasteiger partial charge in [-0.05, 0) is 39.3 Å². The van der Waals surface area contributed by atoms with Crippen LogP contribution in [-0.2, 0) is 13.6 Å². The molecule has 0 aromatic carbocycles. The maximum Gasteiger partial charge on any atom is 0.216 e. The van der Waals surface area contributed by atoms with Crippen LogP contribution in [0.4, 0.5) is 0 Å². The van der Waals surface area contributed by atoms with Gasteiger partial charge in [0.15, 0.2) is 0 Å². The third-order valence-electron chi connectivity index (χ3n) is 3.61. The van der Waals surface area contributed by atoms with E-state index in [1.807, 2.05) is 25.3 Å². The molecule has 0 aliphatic carbocycles. The number of ether oxygens (including phenoxy) is 1. The van der Waals surface area contributed by atoms with Crippen molar-refractivity contribution in [2.45, 2.75) is 40.3 Å². The fourth-order valence-electron chi connectivity index (χ4n) is 2.59. The average Bonchev–Trinajstić information content (AvgIpc) is 2.85. The van der Waals surface area contributed by atoms with Crippen LogP contribution >= 0.6 is 11.3 Å². The van der Waals surface area contributed by atoms with Crippen molar-refractivity contribution in [1.82, 2.24) is 15.1 Å². The molecule has 2 aromatic heterocycles. The Kier molecular flexibility index (Phi) is 4.50. The van der Waals surface area contributed by atoms with E-state index in [9.17, 15) is 0 Å². The number of methoxy groups -OCH3 is 1. The standard InChI is InChI=1S/C15H23N3OS/c1-9-7-13(12(4)20-9)10(2)16-8-14-11(3)17-18(5)15(14)19-6/h7,10,16H,8H2,1-6H3. The first kappa shape index (κ1) is 15.1. The molecule has 0 aliphatic rings. The van der Waals surface area contributed by atoms with Crippen molar-refractivity contribution < 1.29 is 4.74 Å². The van der Waals surface area contributed by atoms with Gasteiger partial charge in [-0.15, -0.1) is 11.3 Å². The quantitative estimate of drug-likeness (QED) is 0.919. The molecule has 4 nitrogen and oxygen atoms in total. The third-order valence-corrected chi connectivity index (χ3v) is 4.59. The molecular weight excluding hydrogens is 270 g/mol. The number of hydrogen-bond donors (Lipinski definition) is 1. The second-order valence-electron chi connectivity index (χ2n) is 5.17. The molecule has 0 saturated heterocycles. The van der Waals surface area contributed by atoms with Crippen LogP contribution in [-0.4, -0.2) is 16.9 Å². The summed E-state index contributed by atoms with van der Waals surface area (Å²) in [6.07, 6.45) is 0. The summed E-state index contributed by atoms with van der Waals surface area (Å²) in [7, 11) is 3.60. The molecule has 2 rings (SSSR count). The van der Waals surface area contributed by atoms with Gasteiger partial charge < -0.3 is 10.1 Å². The van der Waals surface area contributed by atoms with Gasteiger partial charge in [0, 0.05) is 29.4 Å². The van der Waals surface area contributed by atoms with E-state index in [1.165, 1.54) is 15.3 Å². The molecule has 5 heteroatoms. The highest BCUT2D eigenvalue weighted by atomic mass is 32.1. The molecule has 0 radical (unpaired) electrons. The third kappa shape index (κ3) is 2.88. The van der Waals surface area contributed by atoms with E-state index >= 15 is 0 Å². The van der Waals surface area contributed by atoms with Crippen molar-refractivity contribution in [3.8, 4) is 5.88 Å². The Balaban J connectivity index is 2.11. The first-order valence-corrected chi connectivity index (χ1v) is 7.62. The fourth-order valence-corrected chi connectivity index (χ4v) is 3.61. The average molecular weight is 293 g/mol. The summed E-state index contributed by atoms with van der Waals surface area (Å²) < 4.78 is 7.21. The maximum absolute atomic E-state index is 5.43. The summed E-state index contributed by atoms with van der Waals surface area (Å²) in [4.78, 5) is 2.75. The first-order valence-electron chi connectivity index (χ1n) is 6.80. The molecule has 0 spiro atoms. The molecule has 0 saturated carbocycles. The van der Waals surface area contributed by atoms with Crippen LogP contribution < -0.4 is 10.1 Å². The van der Waals surface area contributed by atoms with E-state index in [0.29, 0.717) is 6.04 Å². The van der Waals surface area contributed by atoms with E-state index in [1.54, 1.807) is 11.8 Å². The lowest BCUT2D eigenvalue weighted by atomic mass is 10.1. The van der Waals surface area contributed by atoms with Gasteiger partial charge in [0.25, 0.3) is 0 Å². The Morgan fingerprint density at radius 1 is 1.40 bits per heavy atom. The Morgan fingerprint density at radius 2 is 2.10 bits per heavy atom. The molecule has 1 N–H and O–H groups in total. The number of aromatic nitrogens is 2. The lowest BCUT2D eigenvalue weighted by Gasteiger charge is -2.14. The minimum atomic E-state index is 0.323. The summed E-state index contributed by atoms with van der Waals surface area (Å²) in [5, 5.41) is 7.98. The number of rotatable bonds is 5. The van der Waals surface area contributed by atoms with Gasteiger partial charge in [0.1, 0.15) is 0 Å². The van der Waals surface area contributed by atoms with Crippen LogP contribution in [0.5, 0.6) is 5.88 Å². The van der Waals surface area contributed by atoms with E-state index in [0.717, 1.165) is 23.7 Å². The lowest BCUT2D eigenvalue weighted by molar-refractivity contribution is 0.367. The van der Waals surface area contributed by atoms with Crippen molar-refractivity contribution in [2.75, 3.05) is 7.11 Å². The summed E-state index contributed by atoms with van der Waals surface area (Å²) in [6, 6.07) is 2.59. The second kappa shape index (κ2) is 5.97. The second-order valence-corrected chi connectivity index (χ2v) is 6.63. The Morgan fingerprint density at radius 3 is 2.65 bits per heavy atom. The van der Waals surface area contributed by atoms with E-state index in [2.05, 4.69) is 37.3 Å². The summed E-state index contributed by atoms with van der Waals surface area (Å²) >= 11 is 1.85.